The number of rotatable bonds is 4. The zero-order valence-electron chi connectivity index (χ0n) is 11.0. The molecular formula is C15H15FN2O2. The van der Waals surface area contributed by atoms with Crippen molar-refractivity contribution in [2.45, 2.75) is 6.54 Å². The highest BCUT2D eigenvalue weighted by Crippen LogP contribution is 2.24. The molecule has 0 saturated carbocycles. The van der Waals surface area contributed by atoms with E-state index in [9.17, 15) is 9.18 Å². The predicted molar refractivity (Wildman–Crippen MR) is 75.9 cm³/mol. The van der Waals surface area contributed by atoms with Crippen LogP contribution in [0.4, 0.5) is 15.8 Å². The second-order valence-electron chi connectivity index (χ2n) is 4.24. The molecule has 0 spiro atoms. The summed E-state index contributed by atoms with van der Waals surface area (Å²) in [6.45, 7) is 0.429. The molecule has 0 aromatic heterocycles. The van der Waals surface area contributed by atoms with Crippen LogP contribution < -0.4 is 11.1 Å². The number of para-hydroxylation sites is 1. The van der Waals surface area contributed by atoms with Crippen molar-refractivity contribution in [3.05, 3.63) is 59.4 Å². The molecule has 5 heteroatoms. The number of hydrogen-bond donors (Lipinski definition) is 2. The molecule has 0 aliphatic carbocycles. The minimum Gasteiger partial charge on any atom is -0.465 e. The number of halogens is 1. The van der Waals surface area contributed by atoms with Crippen LogP contribution in [0.25, 0.3) is 0 Å². The van der Waals surface area contributed by atoms with E-state index < -0.39 is 5.97 Å². The maximum Gasteiger partial charge on any atom is 0.340 e. The first-order chi connectivity index (χ1) is 9.61. The Balaban J connectivity index is 2.20. The topological polar surface area (TPSA) is 64.3 Å². The third kappa shape index (κ3) is 3.06. The van der Waals surface area contributed by atoms with Crippen molar-refractivity contribution in [3.8, 4) is 0 Å². The Bertz CT molecular complexity index is 612. The van der Waals surface area contributed by atoms with Crippen molar-refractivity contribution in [2.24, 2.45) is 0 Å². The molecule has 2 aromatic rings. The largest absolute Gasteiger partial charge is 0.465 e. The lowest BCUT2D eigenvalue weighted by atomic mass is 10.1. The van der Waals surface area contributed by atoms with Gasteiger partial charge in [0.25, 0.3) is 0 Å². The van der Waals surface area contributed by atoms with Gasteiger partial charge in [-0.25, -0.2) is 9.18 Å². The van der Waals surface area contributed by atoms with E-state index in [2.05, 4.69) is 5.32 Å². The highest BCUT2D eigenvalue weighted by molar-refractivity contribution is 5.98. The number of ether oxygens (including phenoxy) is 1. The van der Waals surface area contributed by atoms with Crippen LogP contribution in [0.1, 0.15) is 15.9 Å². The van der Waals surface area contributed by atoms with Crippen LogP contribution in [0.2, 0.25) is 0 Å². The van der Waals surface area contributed by atoms with Gasteiger partial charge in [-0.15, -0.1) is 0 Å². The van der Waals surface area contributed by atoms with E-state index in [1.54, 1.807) is 30.3 Å². The Labute approximate surface area is 116 Å². The van der Waals surface area contributed by atoms with Crippen LogP contribution in [0.5, 0.6) is 0 Å². The summed E-state index contributed by atoms with van der Waals surface area (Å²) in [6.07, 6.45) is 0. The van der Waals surface area contributed by atoms with Gasteiger partial charge in [-0.2, -0.15) is 0 Å². The molecule has 2 aromatic carbocycles. The maximum absolute atomic E-state index is 12.8. The summed E-state index contributed by atoms with van der Waals surface area (Å²) in [5, 5.41) is 3.08. The number of carbonyl (C=O) groups is 1. The lowest BCUT2D eigenvalue weighted by Crippen LogP contribution is -2.10. The molecule has 104 valence electrons. The average molecular weight is 274 g/mol. The quantitative estimate of drug-likeness (QED) is 0.664. The van der Waals surface area contributed by atoms with Crippen LogP contribution in [-0.2, 0) is 11.3 Å². The molecule has 0 atom stereocenters. The van der Waals surface area contributed by atoms with Crippen LogP contribution >= 0.6 is 0 Å². The molecule has 0 bridgehead atoms. The zero-order valence-corrected chi connectivity index (χ0v) is 11.0. The molecule has 20 heavy (non-hydrogen) atoms. The summed E-state index contributed by atoms with van der Waals surface area (Å²) in [5.41, 5.74) is 8.09. The Morgan fingerprint density at radius 2 is 1.95 bits per heavy atom. The first kappa shape index (κ1) is 13.9. The van der Waals surface area contributed by atoms with Gasteiger partial charge < -0.3 is 15.8 Å². The Hall–Kier alpha value is -2.56. The lowest BCUT2D eigenvalue weighted by Gasteiger charge is -2.13. The molecule has 0 fully saturated rings. The summed E-state index contributed by atoms with van der Waals surface area (Å²) < 4.78 is 17.5. The molecule has 0 saturated heterocycles. The summed E-state index contributed by atoms with van der Waals surface area (Å²) >= 11 is 0. The maximum atomic E-state index is 12.8. The van der Waals surface area contributed by atoms with Crippen molar-refractivity contribution in [1.82, 2.24) is 0 Å². The number of carbonyl (C=O) groups excluding carboxylic acids is 1. The van der Waals surface area contributed by atoms with Crippen LogP contribution in [-0.4, -0.2) is 13.1 Å². The SMILES string of the molecule is COC(=O)c1cccc(N)c1NCc1ccc(F)cc1. The van der Waals surface area contributed by atoms with Crippen LogP contribution in [0.15, 0.2) is 42.5 Å². The number of nitrogens with one attached hydrogen (secondary N) is 1. The third-order valence-electron chi connectivity index (χ3n) is 2.88. The third-order valence-corrected chi connectivity index (χ3v) is 2.88. The van der Waals surface area contributed by atoms with E-state index >= 15 is 0 Å². The monoisotopic (exact) mass is 274 g/mol. The number of anilines is 2. The van der Waals surface area contributed by atoms with Crippen molar-refractivity contribution in [2.75, 3.05) is 18.2 Å². The minimum absolute atomic E-state index is 0.289. The first-order valence-corrected chi connectivity index (χ1v) is 6.07. The van der Waals surface area contributed by atoms with Crippen molar-refractivity contribution in [1.29, 1.82) is 0 Å². The molecule has 2 rings (SSSR count). The van der Waals surface area contributed by atoms with Crippen LogP contribution in [0.3, 0.4) is 0 Å². The summed E-state index contributed by atoms with van der Waals surface area (Å²) in [4.78, 5) is 11.7. The number of nitrogen functional groups attached to an aromatic ring is 1. The Morgan fingerprint density at radius 3 is 2.60 bits per heavy atom. The Kier molecular flexibility index (Phi) is 4.20. The number of esters is 1. The minimum atomic E-state index is -0.459. The highest BCUT2D eigenvalue weighted by Gasteiger charge is 2.13. The van der Waals surface area contributed by atoms with E-state index in [0.717, 1.165) is 5.56 Å². The van der Waals surface area contributed by atoms with Gasteiger partial charge in [0.05, 0.1) is 24.0 Å². The number of hydrogen-bond acceptors (Lipinski definition) is 4. The van der Waals surface area contributed by atoms with Gasteiger partial charge in [0, 0.05) is 6.54 Å². The van der Waals surface area contributed by atoms with Crippen molar-refractivity contribution >= 4 is 17.3 Å². The summed E-state index contributed by atoms with van der Waals surface area (Å²) in [7, 11) is 1.31. The lowest BCUT2D eigenvalue weighted by molar-refractivity contribution is 0.0602. The fourth-order valence-electron chi connectivity index (χ4n) is 1.84. The molecule has 4 nitrogen and oxygen atoms in total. The molecular weight excluding hydrogens is 259 g/mol. The van der Waals surface area contributed by atoms with Crippen molar-refractivity contribution in [3.63, 3.8) is 0 Å². The second kappa shape index (κ2) is 6.06. The highest BCUT2D eigenvalue weighted by atomic mass is 19.1. The van der Waals surface area contributed by atoms with E-state index in [4.69, 9.17) is 10.5 Å². The molecule has 3 N–H and O–H groups in total. The smallest absolute Gasteiger partial charge is 0.340 e. The van der Waals surface area contributed by atoms with Gasteiger partial charge in [-0.3, -0.25) is 0 Å². The summed E-state index contributed by atoms with van der Waals surface area (Å²) in [6, 6.07) is 11.1. The fraction of sp³-hybridized carbons (Fsp3) is 0.133. The van der Waals surface area contributed by atoms with Gasteiger partial charge in [0.1, 0.15) is 5.82 Å². The van der Waals surface area contributed by atoms with Gasteiger partial charge in [-0.1, -0.05) is 18.2 Å². The number of nitrogens with two attached hydrogens (primary N) is 1. The van der Waals surface area contributed by atoms with E-state index in [1.165, 1.54) is 19.2 Å². The Morgan fingerprint density at radius 1 is 1.25 bits per heavy atom. The van der Waals surface area contributed by atoms with Gasteiger partial charge >= 0.3 is 5.97 Å². The second-order valence-corrected chi connectivity index (χ2v) is 4.24. The normalized spacial score (nSPS) is 10.1. The van der Waals surface area contributed by atoms with E-state index in [0.29, 0.717) is 23.5 Å². The van der Waals surface area contributed by atoms with Crippen molar-refractivity contribution < 1.29 is 13.9 Å². The van der Waals surface area contributed by atoms with Gasteiger partial charge in [0.15, 0.2) is 0 Å². The first-order valence-electron chi connectivity index (χ1n) is 6.07. The molecule has 0 aliphatic heterocycles. The average Bonchev–Trinajstić information content (AvgIpc) is 2.46. The van der Waals surface area contributed by atoms with E-state index in [-0.39, 0.29) is 5.82 Å². The van der Waals surface area contributed by atoms with Gasteiger partial charge in [0.2, 0.25) is 0 Å². The molecule has 0 aliphatic rings. The number of methoxy groups -OCH3 is 1. The van der Waals surface area contributed by atoms with Crippen LogP contribution in [0, 0.1) is 5.82 Å². The molecule has 0 radical (unpaired) electrons. The molecule has 0 unspecified atom stereocenters. The van der Waals surface area contributed by atoms with E-state index in [1.807, 2.05) is 0 Å². The number of benzene rings is 2. The standard InChI is InChI=1S/C15H15FN2O2/c1-20-15(19)12-3-2-4-13(17)14(12)18-9-10-5-7-11(16)8-6-10/h2-8,18H,9,17H2,1H3. The zero-order chi connectivity index (χ0) is 14.5. The van der Waals surface area contributed by atoms with Gasteiger partial charge in [-0.05, 0) is 29.8 Å². The predicted octanol–water partition coefficient (Wildman–Crippen LogP) is 2.81. The fourth-order valence-corrected chi connectivity index (χ4v) is 1.84. The summed E-state index contributed by atoms with van der Waals surface area (Å²) in [5.74, 6) is -0.748. The molecule has 0 heterocycles. The molecule has 0 amide bonds.